The number of anilines is 2. The molecule has 13 heteroatoms. The number of ether oxygens (including phenoxy) is 2. The Hall–Kier alpha value is -3.85. The number of hydrogen-bond acceptors (Lipinski definition) is 12. The molecule has 5 rings (SSSR count). The molecule has 13 nitrogen and oxygen atoms in total. The Kier molecular flexibility index (Phi) is 10.0. The summed E-state index contributed by atoms with van der Waals surface area (Å²) in [5, 5.41) is 43.3. The Bertz CT molecular complexity index is 1490. The van der Waals surface area contributed by atoms with Crippen LogP contribution in [0.5, 0.6) is 5.75 Å². The summed E-state index contributed by atoms with van der Waals surface area (Å²) in [6.07, 6.45) is -2.57. The molecule has 4 atom stereocenters. The largest absolute Gasteiger partial charge is 0.493 e. The Labute approximate surface area is 249 Å². The van der Waals surface area contributed by atoms with Crippen LogP contribution in [-0.2, 0) is 11.3 Å². The highest BCUT2D eigenvalue weighted by atomic mass is 16.6. The van der Waals surface area contributed by atoms with E-state index in [4.69, 9.17) is 15.2 Å². The Morgan fingerprint density at radius 2 is 1.88 bits per heavy atom. The highest BCUT2D eigenvalue weighted by Gasteiger charge is 2.45. The summed E-state index contributed by atoms with van der Waals surface area (Å²) in [6, 6.07) is 16.0. The minimum Gasteiger partial charge on any atom is -0.493 e. The van der Waals surface area contributed by atoms with Gasteiger partial charge in [-0.2, -0.15) is 0 Å². The molecular weight excluding hydrogens is 554 g/mol. The third-order valence-electron chi connectivity index (χ3n) is 7.60. The van der Waals surface area contributed by atoms with Crippen LogP contribution in [0, 0.1) is 0 Å². The van der Waals surface area contributed by atoms with Gasteiger partial charge in [0.2, 0.25) is 5.95 Å². The van der Waals surface area contributed by atoms with Gasteiger partial charge in [-0.25, -0.2) is 15.0 Å². The van der Waals surface area contributed by atoms with Crippen molar-refractivity contribution >= 4 is 22.9 Å². The van der Waals surface area contributed by atoms with Gasteiger partial charge in [0.05, 0.1) is 19.8 Å². The van der Waals surface area contributed by atoms with E-state index in [9.17, 15) is 20.4 Å². The lowest BCUT2D eigenvalue weighted by atomic mass is 10.0. The van der Waals surface area contributed by atoms with Crippen LogP contribution in [0.15, 0.2) is 54.9 Å². The van der Waals surface area contributed by atoms with Crippen LogP contribution < -0.4 is 15.8 Å². The molecule has 0 bridgehead atoms. The number of fused-ring (bicyclic) bond motifs is 1. The number of likely N-dealkylation sites (N-methyl/N-ethyl adjacent to an activating group) is 1. The van der Waals surface area contributed by atoms with E-state index in [-0.39, 0.29) is 12.4 Å². The summed E-state index contributed by atoms with van der Waals surface area (Å²) in [7, 11) is 0. The Balaban J connectivity index is 1.39. The molecule has 230 valence electrons. The molecule has 0 saturated carbocycles. The standard InChI is InChI=1S/C30H39N7O6/c1-2-36(12-13-38)11-6-14-42-22-15-19(9-10-21(22)20-7-4-3-5-8-20)16-32-30-35-24-27(31)33-18-34-28(24)37(30)29-26(41)25(40)23(17-39)43-29/h3-5,7-10,15,18,23,25-26,29,38-41H,2,6,11-14,16-17H2,1H3,(H,32,35)(H2,31,33,34)/t23-,25-,26-,29-/m1/s1. The quantitative estimate of drug-likeness (QED) is 0.116. The van der Waals surface area contributed by atoms with E-state index in [1.807, 2.05) is 48.5 Å². The smallest absolute Gasteiger partial charge is 0.207 e. The summed E-state index contributed by atoms with van der Waals surface area (Å²) < 4.78 is 13.6. The lowest BCUT2D eigenvalue weighted by Gasteiger charge is -2.20. The number of nitrogens with two attached hydrogens (primary N) is 1. The minimum atomic E-state index is -1.34. The first-order valence-electron chi connectivity index (χ1n) is 14.4. The Morgan fingerprint density at radius 3 is 2.60 bits per heavy atom. The summed E-state index contributed by atoms with van der Waals surface area (Å²) in [5.41, 5.74) is 9.61. The molecule has 4 aromatic rings. The van der Waals surface area contributed by atoms with Crippen molar-refractivity contribution in [2.75, 3.05) is 50.5 Å². The molecule has 1 saturated heterocycles. The molecule has 0 amide bonds. The molecule has 2 aromatic heterocycles. The lowest BCUT2D eigenvalue weighted by molar-refractivity contribution is -0.0501. The van der Waals surface area contributed by atoms with E-state index in [1.54, 1.807) is 0 Å². The molecule has 0 spiro atoms. The summed E-state index contributed by atoms with van der Waals surface area (Å²) in [5.74, 6) is 1.19. The number of rotatable bonds is 14. The highest BCUT2D eigenvalue weighted by molar-refractivity contribution is 5.84. The van der Waals surface area contributed by atoms with Gasteiger partial charge in [-0.3, -0.25) is 4.57 Å². The van der Waals surface area contributed by atoms with Crippen LogP contribution in [0.2, 0.25) is 0 Å². The van der Waals surface area contributed by atoms with Gasteiger partial charge < -0.3 is 45.9 Å². The zero-order valence-electron chi connectivity index (χ0n) is 24.1. The minimum absolute atomic E-state index is 0.128. The van der Waals surface area contributed by atoms with Gasteiger partial charge in [0.25, 0.3) is 0 Å². The molecule has 0 unspecified atom stereocenters. The number of aromatic nitrogens is 4. The second-order valence-electron chi connectivity index (χ2n) is 10.4. The topological polar surface area (TPSA) is 184 Å². The van der Waals surface area contributed by atoms with Crippen LogP contribution >= 0.6 is 0 Å². The van der Waals surface area contributed by atoms with Crippen molar-refractivity contribution in [1.82, 2.24) is 24.4 Å². The number of hydrogen-bond donors (Lipinski definition) is 6. The fourth-order valence-electron chi connectivity index (χ4n) is 5.26. The van der Waals surface area contributed by atoms with E-state index in [0.717, 1.165) is 42.0 Å². The SMILES string of the molecule is CCN(CCO)CCCOc1cc(CNc2nc3c(N)ncnc3n2[C@@H]2O[C@H](CO)[C@@H](O)[C@H]2O)ccc1-c1ccccc1. The van der Waals surface area contributed by atoms with Gasteiger partial charge in [0.15, 0.2) is 23.2 Å². The van der Waals surface area contributed by atoms with Crippen LogP contribution in [0.3, 0.4) is 0 Å². The highest BCUT2D eigenvalue weighted by Crippen LogP contribution is 2.36. The van der Waals surface area contributed by atoms with Gasteiger partial charge in [-0.05, 0) is 30.2 Å². The third kappa shape index (κ3) is 6.72. The van der Waals surface area contributed by atoms with E-state index in [2.05, 4.69) is 32.1 Å². The average Bonchev–Trinajstić information content (AvgIpc) is 3.54. The number of benzene rings is 2. The number of aliphatic hydroxyl groups is 4. The van der Waals surface area contributed by atoms with Crippen LogP contribution in [0.1, 0.15) is 25.1 Å². The van der Waals surface area contributed by atoms with Crippen molar-refractivity contribution in [3.63, 3.8) is 0 Å². The number of nitrogens with zero attached hydrogens (tertiary/aromatic N) is 5. The van der Waals surface area contributed by atoms with Crippen molar-refractivity contribution in [2.45, 2.75) is 44.4 Å². The van der Waals surface area contributed by atoms with Gasteiger partial charge in [-0.1, -0.05) is 49.4 Å². The first-order valence-corrected chi connectivity index (χ1v) is 14.4. The fourth-order valence-corrected chi connectivity index (χ4v) is 5.26. The van der Waals surface area contributed by atoms with Gasteiger partial charge in [0, 0.05) is 25.2 Å². The van der Waals surface area contributed by atoms with E-state index in [0.29, 0.717) is 36.8 Å². The summed E-state index contributed by atoms with van der Waals surface area (Å²) in [4.78, 5) is 15.1. The fraction of sp³-hybridized carbons (Fsp3) is 0.433. The zero-order valence-corrected chi connectivity index (χ0v) is 24.1. The maximum absolute atomic E-state index is 10.8. The molecular formula is C30H39N7O6. The number of nitrogen functional groups attached to an aromatic ring is 1. The molecule has 0 aliphatic carbocycles. The monoisotopic (exact) mass is 593 g/mol. The second kappa shape index (κ2) is 14.1. The summed E-state index contributed by atoms with van der Waals surface area (Å²) in [6.45, 7) is 4.90. The first kappa shape index (κ1) is 30.6. The maximum atomic E-state index is 10.8. The number of aliphatic hydroxyl groups excluding tert-OH is 4. The molecule has 43 heavy (non-hydrogen) atoms. The van der Waals surface area contributed by atoms with E-state index in [1.165, 1.54) is 10.9 Å². The second-order valence-corrected chi connectivity index (χ2v) is 10.4. The van der Waals surface area contributed by atoms with E-state index < -0.39 is 31.1 Å². The van der Waals surface area contributed by atoms with Gasteiger partial charge >= 0.3 is 0 Å². The van der Waals surface area contributed by atoms with Crippen LogP contribution in [0.4, 0.5) is 11.8 Å². The predicted octanol–water partition coefficient (Wildman–Crippen LogP) is 1.38. The molecule has 2 aromatic carbocycles. The van der Waals surface area contributed by atoms with Crippen molar-refractivity contribution in [1.29, 1.82) is 0 Å². The van der Waals surface area contributed by atoms with E-state index >= 15 is 0 Å². The van der Waals surface area contributed by atoms with Crippen LogP contribution in [0.25, 0.3) is 22.3 Å². The maximum Gasteiger partial charge on any atom is 0.207 e. The zero-order chi connectivity index (χ0) is 30.3. The molecule has 1 aliphatic rings. The molecule has 0 radical (unpaired) electrons. The van der Waals surface area contributed by atoms with Crippen LogP contribution in [-0.4, -0.2) is 103 Å². The number of imidazole rings is 1. The molecule has 1 aliphatic heterocycles. The first-order chi connectivity index (χ1) is 20.9. The van der Waals surface area contributed by atoms with Crippen molar-refractivity contribution in [3.8, 4) is 16.9 Å². The van der Waals surface area contributed by atoms with Gasteiger partial charge in [-0.15, -0.1) is 0 Å². The Morgan fingerprint density at radius 1 is 1.07 bits per heavy atom. The molecule has 1 fully saturated rings. The molecule has 7 N–H and O–H groups in total. The summed E-state index contributed by atoms with van der Waals surface area (Å²) >= 11 is 0. The predicted molar refractivity (Wildman–Crippen MR) is 161 cm³/mol. The number of nitrogens with one attached hydrogen (secondary N) is 1. The molecule has 3 heterocycles. The van der Waals surface area contributed by atoms with Crippen molar-refractivity contribution in [3.05, 3.63) is 60.4 Å². The van der Waals surface area contributed by atoms with Crippen molar-refractivity contribution < 1.29 is 29.9 Å². The lowest BCUT2D eigenvalue weighted by Crippen LogP contribution is -2.33. The normalized spacial score (nSPS) is 20.2. The van der Waals surface area contributed by atoms with Crippen molar-refractivity contribution in [2.24, 2.45) is 0 Å². The third-order valence-corrected chi connectivity index (χ3v) is 7.60. The van der Waals surface area contributed by atoms with Gasteiger partial charge in [0.1, 0.15) is 30.4 Å². The average molecular weight is 594 g/mol.